The van der Waals surface area contributed by atoms with E-state index in [1.807, 2.05) is 42.5 Å². The van der Waals surface area contributed by atoms with E-state index in [0.29, 0.717) is 11.6 Å². The largest absolute Gasteiger partial charge is 0.468 e. The van der Waals surface area contributed by atoms with E-state index in [0.717, 1.165) is 11.3 Å². The van der Waals surface area contributed by atoms with Gasteiger partial charge in [-0.3, -0.25) is 0 Å². The van der Waals surface area contributed by atoms with E-state index >= 15 is 0 Å². The smallest absolute Gasteiger partial charge is 0.189 e. The molecule has 2 nitrogen and oxygen atoms in total. The second-order valence-corrected chi connectivity index (χ2v) is 3.99. The number of ether oxygens (including phenoxy) is 2. The first-order valence-corrected chi connectivity index (χ1v) is 5.72. The molecule has 17 heavy (non-hydrogen) atoms. The number of hydrogen-bond acceptors (Lipinski definition) is 2. The van der Waals surface area contributed by atoms with Crippen molar-refractivity contribution < 1.29 is 9.47 Å². The fourth-order valence-electron chi connectivity index (χ4n) is 1.37. The summed E-state index contributed by atoms with van der Waals surface area (Å²) in [5, 5.41) is 0.697. The molecule has 0 unspecified atom stereocenters. The molecule has 0 saturated heterocycles. The third-order valence-corrected chi connectivity index (χ3v) is 2.49. The predicted octanol–water partition coefficient (Wildman–Crippen LogP) is 3.89. The predicted molar refractivity (Wildman–Crippen MR) is 68.2 cm³/mol. The van der Waals surface area contributed by atoms with Crippen molar-refractivity contribution >= 4 is 11.6 Å². The van der Waals surface area contributed by atoms with Crippen LogP contribution in [0.3, 0.4) is 0 Å². The minimum atomic E-state index is 0.233. The van der Waals surface area contributed by atoms with Crippen LogP contribution in [0, 0.1) is 0 Å². The van der Waals surface area contributed by atoms with Crippen molar-refractivity contribution in [3.63, 3.8) is 0 Å². The maximum Gasteiger partial charge on any atom is 0.189 e. The first kappa shape index (κ1) is 12.0. The first-order valence-electron chi connectivity index (χ1n) is 5.34. The molecule has 2 aromatic carbocycles. The topological polar surface area (TPSA) is 18.5 Å². The minimum absolute atomic E-state index is 0.233. The van der Waals surface area contributed by atoms with Crippen LogP contribution in [0.5, 0.6) is 5.75 Å². The highest BCUT2D eigenvalue weighted by Gasteiger charge is 1.94. The minimum Gasteiger partial charge on any atom is -0.468 e. The van der Waals surface area contributed by atoms with E-state index in [1.165, 1.54) is 0 Å². The summed E-state index contributed by atoms with van der Waals surface area (Å²) in [7, 11) is 0. The van der Waals surface area contributed by atoms with Gasteiger partial charge in [-0.15, -0.1) is 0 Å². The number of hydrogen-bond donors (Lipinski definition) is 0. The van der Waals surface area contributed by atoms with Gasteiger partial charge in [0.1, 0.15) is 5.75 Å². The fourth-order valence-corrected chi connectivity index (χ4v) is 1.50. The highest BCUT2D eigenvalue weighted by molar-refractivity contribution is 6.30. The molecule has 0 heterocycles. The van der Waals surface area contributed by atoms with Gasteiger partial charge in [-0.05, 0) is 29.8 Å². The summed E-state index contributed by atoms with van der Waals surface area (Å²) >= 11 is 5.77. The molecule has 0 amide bonds. The van der Waals surface area contributed by atoms with Crippen molar-refractivity contribution in [2.45, 2.75) is 6.61 Å². The molecule has 3 heteroatoms. The van der Waals surface area contributed by atoms with Crippen molar-refractivity contribution in [3.8, 4) is 5.75 Å². The van der Waals surface area contributed by atoms with Crippen LogP contribution in [-0.4, -0.2) is 6.79 Å². The van der Waals surface area contributed by atoms with Gasteiger partial charge in [-0.25, -0.2) is 0 Å². The lowest BCUT2D eigenvalue weighted by atomic mass is 10.2. The van der Waals surface area contributed by atoms with Gasteiger partial charge in [0, 0.05) is 5.02 Å². The zero-order chi connectivity index (χ0) is 11.9. The fraction of sp³-hybridized carbons (Fsp3) is 0.143. The number of halogens is 1. The average Bonchev–Trinajstić information content (AvgIpc) is 2.38. The van der Waals surface area contributed by atoms with Crippen LogP contribution < -0.4 is 4.74 Å². The summed E-state index contributed by atoms with van der Waals surface area (Å²) in [5.74, 6) is 0.752. The quantitative estimate of drug-likeness (QED) is 0.590. The second-order valence-electron chi connectivity index (χ2n) is 3.55. The molecule has 2 rings (SSSR count). The lowest BCUT2D eigenvalue weighted by molar-refractivity contribution is 0.00505. The average molecular weight is 249 g/mol. The van der Waals surface area contributed by atoms with E-state index in [9.17, 15) is 0 Å². The summed E-state index contributed by atoms with van der Waals surface area (Å²) < 4.78 is 10.8. The molecule has 0 spiro atoms. The van der Waals surface area contributed by atoms with E-state index in [4.69, 9.17) is 21.1 Å². The summed E-state index contributed by atoms with van der Waals surface area (Å²) in [6.45, 7) is 0.783. The molecule has 0 aliphatic heterocycles. The third kappa shape index (κ3) is 4.10. The Labute approximate surface area is 106 Å². The Morgan fingerprint density at radius 1 is 0.882 bits per heavy atom. The van der Waals surface area contributed by atoms with E-state index < -0.39 is 0 Å². The molecule has 0 bridgehead atoms. The van der Waals surface area contributed by atoms with Gasteiger partial charge < -0.3 is 9.47 Å². The van der Waals surface area contributed by atoms with Crippen molar-refractivity contribution in [1.82, 2.24) is 0 Å². The molecule has 0 saturated carbocycles. The Hall–Kier alpha value is -1.51. The van der Waals surface area contributed by atoms with Crippen molar-refractivity contribution in [1.29, 1.82) is 0 Å². The molecule has 0 N–H and O–H groups in total. The second kappa shape index (κ2) is 6.28. The molecule has 2 aromatic rings. The summed E-state index contributed by atoms with van der Waals surface area (Å²) in [6.07, 6.45) is 0. The molecule has 0 radical (unpaired) electrons. The molecular formula is C14H13ClO2. The van der Waals surface area contributed by atoms with Gasteiger partial charge in [-0.1, -0.05) is 41.9 Å². The van der Waals surface area contributed by atoms with Gasteiger partial charge in [0.25, 0.3) is 0 Å². The molecule has 0 aliphatic carbocycles. The Morgan fingerprint density at radius 2 is 1.59 bits per heavy atom. The van der Waals surface area contributed by atoms with Crippen LogP contribution in [0.4, 0.5) is 0 Å². The van der Waals surface area contributed by atoms with Gasteiger partial charge in [-0.2, -0.15) is 0 Å². The lowest BCUT2D eigenvalue weighted by Crippen LogP contribution is -2.02. The maximum absolute atomic E-state index is 5.77. The lowest BCUT2D eigenvalue weighted by Gasteiger charge is -2.07. The van der Waals surface area contributed by atoms with Crippen LogP contribution in [0.15, 0.2) is 54.6 Å². The highest BCUT2D eigenvalue weighted by Crippen LogP contribution is 2.15. The van der Waals surface area contributed by atoms with E-state index in [1.54, 1.807) is 12.1 Å². The van der Waals surface area contributed by atoms with Crippen molar-refractivity contribution in [2.24, 2.45) is 0 Å². The summed E-state index contributed by atoms with van der Waals surface area (Å²) in [4.78, 5) is 0. The zero-order valence-corrected chi connectivity index (χ0v) is 10.1. The normalized spacial score (nSPS) is 10.2. The van der Waals surface area contributed by atoms with Gasteiger partial charge in [0.05, 0.1) is 6.61 Å². The SMILES string of the molecule is Clc1ccc(OCOCc2ccccc2)cc1. The van der Waals surface area contributed by atoms with Crippen LogP contribution in [0.2, 0.25) is 5.02 Å². The molecule has 0 fully saturated rings. The van der Waals surface area contributed by atoms with Gasteiger partial charge in [0.15, 0.2) is 6.79 Å². The Morgan fingerprint density at radius 3 is 2.29 bits per heavy atom. The van der Waals surface area contributed by atoms with Gasteiger partial charge in [0.2, 0.25) is 0 Å². The van der Waals surface area contributed by atoms with Crippen molar-refractivity contribution in [3.05, 3.63) is 65.2 Å². The van der Waals surface area contributed by atoms with Crippen LogP contribution in [0.1, 0.15) is 5.56 Å². The maximum atomic E-state index is 5.77. The summed E-state index contributed by atoms with van der Waals surface area (Å²) in [5.41, 5.74) is 1.13. The molecule has 88 valence electrons. The van der Waals surface area contributed by atoms with Crippen LogP contribution in [0.25, 0.3) is 0 Å². The first-order chi connectivity index (χ1) is 8.34. The monoisotopic (exact) mass is 248 g/mol. The molecular weight excluding hydrogens is 236 g/mol. The molecule has 0 aliphatic rings. The Balaban J connectivity index is 1.71. The number of benzene rings is 2. The Kier molecular flexibility index (Phi) is 4.42. The standard InChI is InChI=1S/C14H13ClO2/c15-13-6-8-14(9-7-13)17-11-16-10-12-4-2-1-3-5-12/h1-9H,10-11H2. The summed E-state index contributed by atoms with van der Waals surface area (Å²) in [6, 6.07) is 17.2. The third-order valence-electron chi connectivity index (χ3n) is 2.23. The molecule has 0 atom stereocenters. The number of rotatable bonds is 5. The van der Waals surface area contributed by atoms with Crippen LogP contribution >= 0.6 is 11.6 Å². The van der Waals surface area contributed by atoms with E-state index in [-0.39, 0.29) is 6.79 Å². The van der Waals surface area contributed by atoms with E-state index in [2.05, 4.69) is 0 Å². The van der Waals surface area contributed by atoms with Gasteiger partial charge >= 0.3 is 0 Å². The Bertz CT molecular complexity index is 440. The van der Waals surface area contributed by atoms with Crippen LogP contribution in [-0.2, 0) is 11.3 Å². The highest BCUT2D eigenvalue weighted by atomic mass is 35.5. The zero-order valence-electron chi connectivity index (χ0n) is 9.30. The van der Waals surface area contributed by atoms with Crippen molar-refractivity contribution in [2.75, 3.05) is 6.79 Å². The molecule has 0 aromatic heterocycles.